The van der Waals surface area contributed by atoms with E-state index in [4.69, 9.17) is 28.9 Å². The standard InChI is InChI=1S/C11H7Cl2N3O2/c12-6-1-2-9(13)8(3-6)10-4-7(16(17)18)5-11(14)15-10/h1-5H,(H2,14,15). The Kier molecular flexibility index (Phi) is 3.36. The van der Waals surface area contributed by atoms with E-state index < -0.39 is 4.92 Å². The topological polar surface area (TPSA) is 82.0 Å². The molecule has 0 aliphatic rings. The van der Waals surface area contributed by atoms with Gasteiger partial charge in [-0.15, -0.1) is 0 Å². The van der Waals surface area contributed by atoms with Crippen molar-refractivity contribution < 1.29 is 4.92 Å². The molecule has 0 aliphatic carbocycles. The monoisotopic (exact) mass is 283 g/mol. The molecular formula is C11H7Cl2N3O2. The lowest BCUT2D eigenvalue weighted by atomic mass is 10.1. The van der Waals surface area contributed by atoms with Crippen LogP contribution in [0.15, 0.2) is 30.3 Å². The number of anilines is 1. The number of hydrogen-bond donors (Lipinski definition) is 1. The van der Waals surface area contributed by atoms with Gasteiger partial charge in [-0.25, -0.2) is 4.98 Å². The van der Waals surface area contributed by atoms with Gasteiger partial charge in [0.15, 0.2) is 0 Å². The maximum Gasteiger partial charge on any atom is 0.275 e. The largest absolute Gasteiger partial charge is 0.383 e. The minimum atomic E-state index is -0.542. The van der Waals surface area contributed by atoms with Crippen LogP contribution >= 0.6 is 23.2 Å². The zero-order valence-corrected chi connectivity index (χ0v) is 10.4. The minimum absolute atomic E-state index is 0.0512. The van der Waals surface area contributed by atoms with Gasteiger partial charge < -0.3 is 5.73 Å². The van der Waals surface area contributed by atoms with Crippen LogP contribution in [0.4, 0.5) is 11.5 Å². The van der Waals surface area contributed by atoms with E-state index in [0.717, 1.165) is 0 Å². The third-order valence-electron chi connectivity index (χ3n) is 2.25. The van der Waals surface area contributed by atoms with Crippen LogP contribution in [0.25, 0.3) is 11.3 Å². The number of pyridine rings is 1. The van der Waals surface area contributed by atoms with E-state index in [2.05, 4.69) is 4.98 Å². The van der Waals surface area contributed by atoms with E-state index in [0.29, 0.717) is 21.3 Å². The molecule has 0 bridgehead atoms. The smallest absolute Gasteiger partial charge is 0.275 e. The predicted octanol–water partition coefficient (Wildman–Crippen LogP) is 3.55. The van der Waals surface area contributed by atoms with Gasteiger partial charge in [0.1, 0.15) is 5.82 Å². The number of nitro groups is 1. The summed E-state index contributed by atoms with van der Waals surface area (Å²) in [5, 5.41) is 11.6. The summed E-state index contributed by atoms with van der Waals surface area (Å²) in [6.07, 6.45) is 0. The van der Waals surface area contributed by atoms with Crippen molar-refractivity contribution in [2.75, 3.05) is 5.73 Å². The summed E-state index contributed by atoms with van der Waals surface area (Å²) in [5.41, 5.74) is 6.20. The summed E-state index contributed by atoms with van der Waals surface area (Å²) in [6.45, 7) is 0. The average molecular weight is 284 g/mol. The summed E-state index contributed by atoms with van der Waals surface area (Å²) >= 11 is 11.9. The molecule has 0 saturated carbocycles. The molecule has 0 spiro atoms. The first-order valence-electron chi connectivity index (χ1n) is 4.85. The molecule has 0 aliphatic heterocycles. The van der Waals surface area contributed by atoms with Gasteiger partial charge in [0.25, 0.3) is 5.69 Å². The first-order chi connectivity index (χ1) is 8.47. The molecule has 1 aromatic carbocycles. The van der Waals surface area contributed by atoms with Gasteiger partial charge in [0.2, 0.25) is 0 Å². The van der Waals surface area contributed by atoms with Crippen molar-refractivity contribution >= 4 is 34.7 Å². The molecule has 0 saturated heterocycles. The van der Waals surface area contributed by atoms with Crippen LogP contribution in [0.1, 0.15) is 0 Å². The van der Waals surface area contributed by atoms with Crippen molar-refractivity contribution in [3.63, 3.8) is 0 Å². The van der Waals surface area contributed by atoms with Crippen molar-refractivity contribution in [3.05, 3.63) is 50.5 Å². The number of aromatic nitrogens is 1. The predicted molar refractivity (Wildman–Crippen MR) is 70.8 cm³/mol. The molecule has 2 rings (SSSR count). The molecule has 0 amide bonds. The number of nitrogen functional groups attached to an aromatic ring is 1. The van der Waals surface area contributed by atoms with Gasteiger partial charge in [0.05, 0.1) is 21.7 Å². The molecule has 0 radical (unpaired) electrons. The molecule has 7 heteroatoms. The highest BCUT2D eigenvalue weighted by Gasteiger charge is 2.13. The normalized spacial score (nSPS) is 10.3. The molecule has 2 N–H and O–H groups in total. The maximum atomic E-state index is 10.8. The van der Waals surface area contributed by atoms with Gasteiger partial charge in [-0.05, 0) is 18.2 Å². The van der Waals surface area contributed by atoms with E-state index in [-0.39, 0.29) is 11.5 Å². The van der Waals surface area contributed by atoms with Gasteiger partial charge in [-0.3, -0.25) is 10.1 Å². The summed E-state index contributed by atoms with van der Waals surface area (Å²) in [7, 11) is 0. The van der Waals surface area contributed by atoms with E-state index in [1.165, 1.54) is 12.1 Å². The number of nitrogens with zero attached hydrogens (tertiary/aromatic N) is 2. The zero-order chi connectivity index (χ0) is 13.3. The third kappa shape index (κ3) is 2.52. The van der Waals surface area contributed by atoms with Crippen LogP contribution in [0.2, 0.25) is 10.0 Å². The fourth-order valence-corrected chi connectivity index (χ4v) is 1.86. The molecular weight excluding hydrogens is 277 g/mol. The Hall–Kier alpha value is -1.85. The van der Waals surface area contributed by atoms with Crippen molar-refractivity contribution in [2.45, 2.75) is 0 Å². The highest BCUT2D eigenvalue weighted by molar-refractivity contribution is 6.35. The van der Waals surface area contributed by atoms with E-state index >= 15 is 0 Å². The summed E-state index contributed by atoms with van der Waals surface area (Å²) in [5.74, 6) is 0.0512. The van der Waals surface area contributed by atoms with Gasteiger partial charge >= 0.3 is 0 Å². The second kappa shape index (κ2) is 4.80. The van der Waals surface area contributed by atoms with Crippen LogP contribution in [-0.4, -0.2) is 9.91 Å². The summed E-state index contributed by atoms with van der Waals surface area (Å²) in [4.78, 5) is 14.2. The van der Waals surface area contributed by atoms with Crippen molar-refractivity contribution in [2.24, 2.45) is 0 Å². The zero-order valence-electron chi connectivity index (χ0n) is 8.93. The number of nitrogens with two attached hydrogens (primary N) is 1. The van der Waals surface area contributed by atoms with Crippen LogP contribution in [0.3, 0.4) is 0 Å². The lowest BCUT2D eigenvalue weighted by Gasteiger charge is -2.05. The lowest BCUT2D eigenvalue weighted by Crippen LogP contribution is -1.97. The fraction of sp³-hybridized carbons (Fsp3) is 0. The molecule has 0 atom stereocenters. The number of rotatable bonds is 2. The Balaban J connectivity index is 2.63. The van der Waals surface area contributed by atoms with Crippen LogP contribution in [0.5, 0.6) is 0 Å². The Bertz CT molecular complexity index is 632. The first kappa shape index (κ1) is 12.6. The molecule has 2 aromatic rings. The van der Waals surface area contributed by atoms with Crippen LogP contribution < -0.4 is 5.73 Å². The summed E-state index contributed by atoms with van der Waals surface area (Å²) in [6, 6.07) is 7.27. The first-order valence-corrected chi connectivity index (χ1v) is 5.60. The second-order valence-corrected chi connectivity index (χ2v) is 4.36. The van der Waals surface area contributed by atoms with Crippen molar-refractivity contribution in [1.82, 2.24) is 4.98 Å². The molecule has 92 valence electrons. The van der Waals surface area contributed by atoms with Crippen molar-refractivity contribution in [1.29, 1.82) is 0 Å². The Labute approximate surface area is 112 Å². The lowest BCUT2D eigenvalue weighted by molar-refractivity contribution is -0.384. The van der Waals surface area contributed by atoms with Crippen LogP contribution in [0, 0.1) is 10.1 Å². The highest BCUT2D eigenvalue weighted by atomic mass is 35.5. The maximum absolute atomic E-state index is 10.8. The average Bonchev–Trinajstić information content (AvgIpc) is 2.31. The minimum Gasteiger partial charge on any atom is -0.383 e. The molecule has 1 heterocycles. The SMILES string of the molecule is Nc1cc([N+](=O)[O-])cc(-c2cc(Cl)ccc2Cl)n1. The van der Waals surface area contributed by atoms with Crippen molar-refractivity contribution in [3.8, 4) is 11.3 Å². The van der Waals surface area contributed by atoms with Gasteiger partial charge in [-0.1, -0.05) is 23.2 Å². The highest BCUT2D eigenvalue weighted by Crippen LogP contribution is 2.31. The molecule has 5 nitrogen and oxygen atoms in total. The van der Waals surface area contributed by atoms with E-state index in [9.17, 15) is 10.1 Å². The molecule has 1 aromatic heterocycles. The van der Waals surface area contributed by atoms with Gasteiger partial charge in [-0.2, -0.15) is 0 Å². The number of hydrogen-bond acceptors (Lipinski definition) is 4. The summed E-state index contributed by atoms with van der Waals surface area (Å²) < 4.78 is 0. The molecule has 0 unspecified atom stereocenters. The Morgan fingerprint density at radius 1 is 1.22 bits per heavy atom. The van der Waals surface area contributed by atoms with Gasteiger partial charge in [0, 0.05) is 16.7 Å². The molecule has 18 heavy (non-hydrogen) atoms. The van der Waals surface area contributed by atoms with E-state index in [1.54, 1.807) is 18.2 Å². The Morgan fingerprint density at radius 3 is 2.61 bits per heavy atom. The van der Waals surface area contributed by atoms with E-state index in [1.807, 2.05) is 0 Å². The number of benzene rings is 1. The Morgan fingerprint density at radius 2 is 1.94 bits per heavy atom. The second-order valence-electron chi connectivity index (χ2n) is 3.52. The fourth-order valence-electron chi connectivity index (χ4n) is 1.47. The third-order valence-corrected chi connectivity index (χ3v) is 2.81. The molecule has 0 fully saturated rings. The number of halogens is 2. The quantitative estimate of drug-likeness (QED) is 0.675. The van der Waals surface area contributed by atoms with Crippen LogP contribution in [-0.2, 0) is 0 Å².